The van der Waals surface area contributed by atoms with E-state index >= 15 is 0 Å². The lowest BCUT2D eigenvalue weighted by atomic mass is 10.0. The Bertz CT molecular complexity index is 533. The van der Waals surface area contributed by atoms with Crippen molar-refractivity contribution in [3.63, 3.8) is 0 Å². The molecule has 0 amide bonds. The summed E-state index contributed by atoms with van der Waals surface area (Å²) in [6.45, 7) is 6.71. The molecule has 0 radical (unpaired) electrons. The van der Waals surface area contributed by atoms with E-state index in [2.05, 4.69) is 81.2 Å². The number of hydrogen-bond donors (Lipinski definition) is 0. The van der Waals surface area contributed by atoms with Gasteiger partial charge in [0.25, 0.3) is 0 Å². The smallest absolute Gasteiger partial charge is 0.00210 e. The largest absolute Gasteiger partial charge is 0.0723 e. The van der Waals surface area contributed by atoms with E-state index in [4.69, 9.17) is 0 Å². The van der Waals surface area contributed by atoms with E-state index in [1.165, 1.54) is 24.6 Å². The zero-order valence-corrected chi connectivity index (χ0v) is 12.1. The zero-order chi connectivity index (χ0) is 13.0. The van der Waals surface area contributed by atoms with Crippen LogP contribution in [0.25, 0.3) is 11.1 Å². The van der Waals surface area contributed by atoms with Gasteiger partial charge in [0, 0.05) is 5.30 Å². The van der Waals surface area contributed by atoms with Crippen molar-refractivity contribution in [3.05, 3.63) is 54.6 Å². The van der Waals surface area contributed by atoms with Gasteiger partial charge in [-0.1, -0.05) is 83.3 Å². The minimum absolute atomic E-state index is 0.268. The van der Waals surface area contributed by atoms with E-state index < -0.39 is 0 Å². The quantitative estimate of drug-likeness (QED) is 0.677. The molecule has 2 aromatic rings. The van der Waals surface area contributed by atoms with Crippen LogP contribution in [0.4, 0.5) is 0 Å². The molecule has 0 saturated carbocycles. The third-order valence-corrected chi connectivity index (χ3v) is 4.03. The Morgan fingerprint density at radius 2 is 1.50 bits per heavy atom. The standard InChI is InChI=1S/C17H19P/c1-17(2,3)13-18-16-11-7-10-15(12-16)14-8-5-4-6-9-14/h4-13H,1-3H3. The molecule has 92 valence electrons. The number of hydrogen-bond acceptors (Lipinski definition) is 0. The first kappa shape index (κ1) is 13.1. The van der Waals surface area contributed by atoms with Crippen LogP contribution in [0.3, 0.4) is 0 Å². The van der Waals surface area contributed by atoms with E-state index in [0.29, 0.717) is 0 Å². The molecule has 2 aromatic carbocycles. The summed E-state index contributed by atoms with van der Waals surface area (Å²) < 4.78 is 0. The maximum atomic E-state index is 2.34. The van der Waals surface area contributed by atoms with Crippen LogP contribution >= 0.6 is 8.20 Å². The van der Waals surface area contributed by atoms with Gasteiger partial charge in [0.2, 0.25) is 0 Å². The van der Waals surface area contributed by atoms with Crippen LogP contribution in [0.15, 0.2) is 54.6 Å². The molecule has 0 unspecified atom stereocenters. The van der Waals surface area contributed by atoms with Gasteiger partial charge in [-0.3, -0.25) is 0 Å². The summed E-state index contributed by atoms with van der Waals surface area (Å²) in [6, 6.07) is 19.3. The Kier molecular flexibility index (Phi) is 3.99. The van der Waals surface area contributed by atoms with Gasteiger partial charge in [-0.25, -0.2) is 0 Å². The van der Waals surface area contributed by atoms with Gasteiger partial charge in [0.05, 0.1) is 0 Å². The molecule has 0 spiro atoms. The molecule has 0 nitrogen and oxygen atoms in total. The first-order valence-corrected chi connectivity index (χ1v) is 7.22. The van der Waals surface area contributed by atoms with Crippen LogP contribution in [0, 0.1) is 5.41 Å². The Hall–Kier alpha value is -1.39. The monoisotopic (exact) mass is 254 g/mol. The van der Waals surface area contributed by atoms with Crippen LogP contribution in [0.5, 0.6) is 0 Å². The summed E-state index contributed by atoms with van der Waals surface area (Å²) in [5.41, 5.74) is 2.85. The van der Waals surface area contributed by atoms with Gasteiger partial charge in [0.1, 0.15) is 0 Å². The fraction of sp³-hybridized carbons (Fsp3) is 0.235. The second-order valence-corrected chi connectivity index (χ2v) is 6.57. The third-order valence-electron chi connectivity index (χ3n) is 2.55. The van der Waals surface area contributed by atoms with Gasteiger partial charge in [-0.15, -0.1) is 0 Å². The van der Waals surface area contributed by atoms with Crippen LogP contribution in [-0.4, -0.2) is 5.80 Å². The minimum Gasteiger partial charge on any atom is -0.0723 e. The highest BCUT2D eigenvalue weighted by molar-refractivity contribution is 7.47. The normalized spacial score (nSPS) is 11.9. The molecule has 0 bridgehead atoms. The van der Waals surface area contributed by atoms with Crippen molar-refractivity contribution in [2.45, 2.75) is 20.8 Å². The fourth-order valence-corrected chi connectivity index (χ4v) is 2.59. The SMILES string of the molecule is CC(C)(C)C=Pc1cccc(-c2ccccc2)c1. The highest BCUT2D eigenvalue weighted by Crippen LogP contribution is 2.19. The molecule has 0 heterocycles. The Labute approximate surface area is 111 Å². The minimum atomic E-state index is 0.268. The summed E-state index contributed by atoms with van der Waals surface area (Å²) in [6.07, 6.45) is 0. The molecule has 0 saturated heterocycles. The van der Waals surface area contributed by atoms with Crippen molar-refractivity contribution in [2.24, 2.45) is 5.41 Å². The zero-order valence-electron chi connectivity index (χ0n) is 11.2. The molecular weight excluding hydrogens is 235 g/mol. The number of benzene rings is 2. The Morgan fingerprint density at radius 1 is 0.833 bits per heavy atom. The fourth-order valence-electron chi connectivity index (χ4n) is 1.66. The van der Waals surface area contributed by atoms with E-state index in [1.807, 2.05) is 0 Å². The molecular formula is C17H19P. The van der Waals surface area contributed by atoms with E-state index in [0.717, 1.165) is 0 Å². The summed E-state index contributed by atoms with van der Waals surface area (Å²) in [7, 11) is 1.29. The van der Waals surface area contributed by atoms with Crippen LogP contribution in [-0.2, 0) is 0 Å². The highest BCUT2D eigenvalue weighted by Gasteiger charge is 2.04. The molecule has 0 aliphatic rings. The Balaban J connectivity index is 2.29. The van der Waals surface area contributed by atoms with Gasteiger partial charge in [-0.2, -0.15) is 0 Å². The van der Waals surface area contributed by atoms with Gasteiger partial charge in [-0.05, 0) is 22.6 Å². The van der Waals surface area contributed by atoms with Crippen molar-refractivity contribution in [3.8, 4) is 11.1 Å². The molecule has 0 aromatic heterocycles. The van der Waals surface area contributed by atoms with Gasteiger partial charge in [0.15, 0.2) is 0 Å². The average molecular weight is 254 g/mol. The summed E-state index contributed by atoms with van der Waals surface area (Å²) >= 11 is 0. The summed E-state index contributed by atoms with van der Waals surface area (Å²) in [4.78, 5) is 0. The predicted octanol–water partition coefficient (Wildman–Crippen LogP) is 4.77. The molecule has 18 heavy (non-hydrogen) atoms. The lowest BCUT2D eigenvalue weighted by Gasteiger charge is -2.10. The van der Waals surface area contributed by atoms with Crippen molar-refractivity contribution < 1.29 is 0 Å². The highest BCUT2D eigenvalue weighted by atomic mass is 31.1. The molecule has 1 heteroatoms. The lowest BCUT2D eigenvalue weighted by molar-refractivity contribution is 0.615. The maximum absolute atomic E-state index is 2.34. The average Bonchev–Trinajstić information content (AvgIpc) is 2.37. The van der Waals surface area contributed by atoms with E-state index in [9.17, 15) is 0 Å². The van der Waals surface area contributed by atoms with Crippen LogP contribution < -0.4 is 5.30 Å². The number of rotatable bonds is 2. The molecule has 2 rings (SSSR count). The van der Waals surface area contributed by atoms with Crippen LogP contribution in [0.1, 0.15) is 20.8 Å². The van der Waals surface area contributed by atoms with E-state index in [1.54, 1.807) is 0 Å². The molecule has 0 fully saturated rings. The first-order valence-electron chi connectivity index (χ1n) is 6.25. The maximum Gasteiger partial charge on any atom is 0.00210 e. The van der Waals surface area contributed by atoms with Crippen molar-refractivity contribution in [2.75, 3.05) is 0 Å². The second kappa shape index (κ2) is 5.50. The van der Waals surface area contributed by atoms with Crippen LogP contribution in [0.2, 0.25) is 0 Å². The Morgan fingerprint density at radius 3 is 2.17 bits per heavy atom. The summed E-state index contributed by atoms with van der Waals surface area (Å²) in [5.74, 6) is 2.34. The second-order valence-electron chi connectivity index (χ2n) is 5.54. The van der Waals surface area contributed by atoms with Crippen molar-refractivity contribution in [1.29, 1.82) is 0 Å². The molecule has 0 N–H and O–H groups in total. The topological polar surface area (TPSA) is 0 Å². The third kappa shape index (κ3) is 3.82. The predicted molar refractivity (Wildman–Crippen MR) is 84.0 cm³/mol. The summed E-state index contributed by atoms with van der Waals surface area (Å²) in [5, 5.41) is 1.35. The van der Waals surface area contributed by atoms with Crippen molar-refractivity contribution in [1.82, 2.24) is 0 Å². The lowest BCUT2D eigenvalue weighted by Crippen LogP contribution is -2.05. The van der Waals surface area contributed by atoms with Crippen molar-refractivity contribution >= 4 is 19.3 Å². The molecule has 0 aliphatic heterocycles. The van der Waals surface area contributed by atoms with E-state index in [-0.39, 0.29) is 5.41 Å². The van der Waals surface area contributed by atoms with Gasteiger partial charge < -0.3 is 0 Å². The molecule has 0 atom stereocenters. The first-order chi connectivity index (χ1) is 8.54. The molecule has 0 aliphatic carbocycles. The van der Waals surface area contributed by atoms with Gasteiger partial charge >= 0.3 is 0 Å².